The highest BCUT2D eigenvalue weighted by molar-refractivity contribution is 6.00. The van der Waals surface area contributed by atoms with Crippen molar-refractivity contribution < 1.29 is 19.1 Å². The monoisotopic (exact) mass is 468 g/mol. The van der Waals surface area contributed by atoms with E-state index >= 15 is 4.39 Å². The SMILES string of the molecule is CC1(C)CC(=O)c2c(CC3CC3)nn(-c3cc(NC4CCC(O)CC4)c(C(N)=O)cc3F)c2C1. The van der Waals surface area contributed by atoms with Crippen molar-refractivity contribution in [3.05, 3.63) is 40.5 Å². The van der Waals surface area contributed by atoms with Gasteiger partial charge in [-0.15, -0.1) is 0 Å². The zero-order valence-corrected chi connectivity index (χ0v) is 19.9. The van der Waals surface area contributed by atoms with Gasteiger partial charge in [0.25, 0.3) is 5.91 Å². The van der Waals surface area contributed by atoms with Crippen LogP contribution >= 0.6 is 0 Å². The van der Waals surface area contributed by atoms with Crippen molar-refractivity contribution in [1.82, 2.24) is 9.78 Å². The minimum atomic E-state index is -0.711. The number of rotatable bonds is 6. The molecule has 2 fully saturated rings. The highest BCUT2D eigenvalue weighted by atomic mass is 19.1. The number of benzene rings is 1. The van der Waals surface area contributed by atoms with Gasteiger partial charge in [-0.1, -0.05) is 13.8 Å². The molecule has 0 radical (unpaired) electrons. The zero-order valence-electron chi connectivity index (χ0n) is 19.9. The van der Waals surface area contributed by atoms with Gasteiger partial charge in [0.1, 0.15) is 11.5 Å². The van der Waals surface area contributed by atoms with E-state index in [-0.39, 0.29) is 34.6 Å². The Morgan fingerprint density at radius 2 is 1.91 bits per heavy atom. The second kappa shape index (κ2) is 8.48. The number of halogens is 1. The van der Waals surface area contributed by atoms with E-state index in [1.54, 1.807) is 10.7 Å². The first-order valence-corrected chi connectivity index (χ1v) is 12.3. The molecule has 0 aliphatic heterocycles. The van der Waals surface area contributed by atoms with E-state index in [9.17, 15) is 14.7 Å². The number of anilines is 1. The van der Waals surface area contributed by atoms with Crippen molar-refractivity contribution >= 4 is 17.4 Å². The number of fused-ring (bicyclic) bond motifs is 1. The maximum Gasteiger partial charge on any atom is 0.250 e. The Balaban J connectivity index is 1.59. The summed E-state index contributed by atoms with van der Waals surface area (Å²) in [5.74, 6) is -0.702. The summed E-state index contributed by atoms with van der Waals surface area (Å²) in [6.07, 6.45) is 6.60. The van der Waals surface area contributed by atoms with E-state index in [1.165, 1.54) is 6.07 Å². The van der Waals surface area contributed by atoms with Gasteiger partial charge in [-0.05, 0) is 74.8 Å². The fourth-order valence-electron chi connectivity index (χ4n) is 5.45. The molecule has 1 aromatic carbocycles. The summed E-state index contributed by atoms with van der Waals surface area (Å²) in [7, 11) is 0. The van der Waals surface area contributed by atoms with Gasteiger partial charge in [0.05, 0.1) is 28.6 Å². The first kappa shape index (κ1) is 23.0. The Labute approximate surface area is 198 Å². The molecular weight excluding hydrogens is 435 g/mol. The average Bonchev–Trinajstić information content (AvgIpc) is 3.50. The van der Waals surface area contributed by atoms with Gasteiger partial charge in [-0.2, -0.15) is 5.10 Å². The summed E-state index contributed by atoms with van der Waals surface area (Å²) in [5, 5.41) is 17.9. The summed E-state index contributed by atoms with van der Waals surface area (Å²) in [4.78, 5) is 25.2. The second-order valence-electron chi connectivity index (χ2n) is 11.1. The van der Waals surface area contributed by atoms with Crippen molar-refractivity contribution in [2.75, 3.05) is 5.32 Å². The number of amides is 1. The third-order valence-electron chi connectivity index (χ3n) is 7.43. The van der Waals surface area contributed by atoms with Crippen LogP contribution in [0.4, 0.5) is 10.1 Å². The summed E-state index contributed by atoms with van der Waals surface area (Å²) in [6, 6.07) is 2.82. The largest absolute Gasteiger partial charge is 0.393 e. The number of primary amides is 1. The van der Waals surface area contributed by atoms with Gasteiger partial charge in [-0.25, -0.2) is 9.07 Å². The minimum absolute atomic E-state index is 0.0530. The highest BCUT2D eigenvalue weighted by Gasteiger charge is 2.38. The number of aliphatic hydroxyl groups excluding tert-OH is 1. The Kier molecular flexibility index (Phi) is 5.74. The van der Waals surface area contributed by atoms with Crippen LogP contribution in [0.5, 0.6) is 0 Å². The van der Waals surface area contributed by atoms with Gasteiger partial charge in [-0.3, -0.25) is 9.59 Å². The van der Waals surface area contributed by atoms with Gasteiger partial charge in [0.15, 0.2) is 5.78 Å². The number of hydrogen-bond acceptors (Lipinski definition) is 5. The van der Waals surface area contributed by atoms with Crippen LogP contribution in [0.1, 0.15) is 90.9 Å². The molecule has 0 atom stereocenters. The first-order chi connectivity index (χ1) is 16.1. The molecule has 0 saturated heterocycles. The Morgan fingerprint density at radius 3 is 2.56 bits per heavy atom. The van der Waals surface area contributed by atoms with Gasteiger partial charge >= 0.3 is 0 Å². The number of hydrogen-bond donors (Lipinski definition) is 3. The Hall–Kier alpha value is -2.74. The normalized spacial score (nSPS) is 24.1. The van der Waals surface area contributed by atoms with Crippen LogP contribution < -0.4 is 11.1 Å². The highest BCUT2D eigenvalue weighted by Crippen LogP contribution is 2.41. The molecule has 1 heterocycles. The quantitative estimate of drug-likeness (QED) is 0.595. The maximum absolute atomic E-state index is 15.4. The van der Waals surface area contributed by atoms with Crippen LogP contribution in [0, 0.1) is 17.2 Å². The maximum atomic E-state index is 15.4. The summed E-state index contributed by atoms with van der Waals surface area (Å²) in [6.45, 7) is 4.09. The summed E-state index contributed by atoms with van der Waals surface area (Å²) >= 11 is 0. The predicted octanol–water partition coefficient (Wildman–Crippen LogP) is 3.93. The van der Waals surface area contributed by atoms with Gasteiger partial charge in [0, 0.05) is 18.2 Å². The molecule has 2 aromatic rings. The number of aliphatic hydroxyl groups is 1. The lowest BCUT2D eigenvalue weighted by Gasteiger charge is -2.30. The molecule has 0 unspecified atom stereocenters. The average molecular weight is 469 g/mol. The third-order valence-corrected chi connectivity index (χ3v) is 7.43. The molecular formula is C26H33FN4O3. The number of aromatic nitrogens is 2. The van der Waals surface area contributed by atoms with Crippen LogP contribution in [-0.2, 0) is 12.8 Å². The van der Waals surface area contributed by atoms with E-state index in [0.717, 1.165) is 43.5 Å². The molecule has 0 spiro atoms. The van der Waals surface area contributed by atoms with Crippen molar-refractivity contribution in [3.8, 4) is 5.69 Å². The summed E-state index contributed by atoms with van der Waals surface area (Å²) < 4.78 is 17.0. The molecule has 34 heavy (non-hydrogen) atoms. The van der Waals surface area contributed by atoms with E-state index in [1.807, 2.05) is 13.8 Å². The zero-order chi connectivity index (χ0) is 24.2. The Morgan fingerprint density at radius 1 is 1.21 bits per heavy atom. The standard InChI is InChI=1S/C26H33FN4O3/c1-26(2)12-22-24(23(33)13-26)20(9-14-3-4-14)30-31(22)21-11-19(17(25(28)34)10-18(21)27)29-15-5-7-16(32)8-6-15/h10-11,14-16,29,32H,3-9,12-13H2,1-2H3,(H2,28,34). The summed E-state index contributed by atoms with van der Waals surface area (Å²) in [5.41, 5.74) is 8.25. The number of nitrogens with two attached hydrogens (primary N) is 1. The van der Waals surface area contributed by atoms with Gasteiger partial charge < -0.3 is 16.2 Å². The molecule has 7 nitrogen and oxygen atoms in total. The lowest BCUT2D eigenvalue weighted by atomic mass is 9.75. The van der Waals surface area contributed by atoms with Crippen molar-refractivity contribution in [2.45, 2.75) is 83.8 Å². The number of ketones is 1. The third kappa shape index (κ3) is 4.48. The van der Waals surface area contributed by atoms with Crippen molar-refractivity contribution in [1.29, 1.82) is 0 Å². The minimum Gasteiger partial charge on any atom is -0.393 e. The molecule has 1 aromatic heterocycles. The first-order valence-electron chi connectivity index (χ1n) is 12.3. The van der Waals surface area contributed by atoms with Crippen LogP contribution in [0.25, 0.3) is 5.69 Å². The molecule has 3 aliphatic rings. The van der Waals surface area contributed by atoms with Crippen LogP contribution in [0.15, 0.2) is 12.1 Å². The number of carbonyl (C=O) groups excluding carboxylic acids is 2. The fourth-order valence-corrected chi connectivity index (χ4v) is 5.45. The molecule has 1 amide bonds. The molecule has 2 saturated carbocycles. The fraction of sp³-hybridized carbons (Fsp3) is 0.577. The smallest absolute Gasteiger partial charge is 0.250 e. The Bertz CT molecular complexity index is 1140. The van der Waals surface area contributed by atoms with E-state index in [4.69, 9.17) is 10.8 Å². The molecule has 4 N–H and O–H groups in total. The molecule has 5 rings (SSSR count). The molecule has 3 aliphatic carbocycles. The number of nitrogens with zero attached hydrogens (tertiary/aromatic N) is 2. The molecule has 8 heteroatoms. The lowest BCUT2D eigenvalue weighted by Crippen LogP contribution is -2.30. The number of Topliss-reactive ketones (excluding diaryl/α,β-unsaturated/α-hetero) is 1. The van der Waals surface area contributed by atoms with Gasteiger partial charge in [0.2, 0.25) is 0 Å². The van der Waals surface area contributed by atoms with Crippen LogP contribution in [0.3, 0.4) is 0 Å². The molecule has 0 bridgehead atoms. The second-order valence-corrected chi connectivity index (χ2v) is 11.1. The number of nitrogens with one attached hydrogen (secondary N) is 1. The van der Waals surface area contributed by atoms with Crippen LogP contribution in [-0.4, -0.2) is 38.7 Å². The van der Waals surface area contributed by atoms with E-state index in [0.29, 0.717) is 42.9 Å². The molecule has 182 valence electrons. The van der Waals surface area contributed by atoms with Crippen molar-refractivity contribution in [2.24, 2.45) is 17.1 Å². The topological polar surface area (TPSA) is 110 Å². The lowest BCUT2D eigenvalue weighted by molar-refractivity contribution is 0.0909. The van der Waals surface area contributed by atoms with E-state index in [2.05, 4.69) is 5.32 Å². The predicted molar refractivity (Wildman–Crippen MR) is 127 cm³/mol. The van der Waals surface area contributed by atoms with Crippen LogP contribution in [0.2, 0.25) is 0 Å². The van der Waals surface area contributed by atoms with Crippen molar-refractivity contribution in [3.63, 3.8) is 0 Å². The number of carbonyl (C=O) groups is 2. The van der Waals surface area contributed by atoms with E-state index < -0.39 is 11.7 Å².